The highest BCUT2D eigenvalue weighted by Crippen LogP contribution is 2.34. The summed E-state index contributed by atoms with van der Waals surface area (Å²) in [5.74, 6) is 1.06. The van der Waals surface area contributed by atoms with E-state index in [9.17, 15) is 4.79 Å². The third kappa shape index (κ3) is 5.06. The van der Waals surface area contributed by atoms with Crippen LogP contribution in [0.3, 0.4) is 0 Å². The molecule has 7 nitrogen and oxygen atoms in total. The van der Waals surface area contributed by atoms with E-state index in [2.05, 4.69) is 57.3 Å². The van der Waals surface area contributed by atoms with Crippen LogP contribution < -0.4 is 10.2 Å². The van der Waals surface area contributed by atoms with Gasteiger partial charge in [-0.05, 0) is 40.5 Å². The maximum Gasteiger partial charge on any atom is 0.242 e. The van der Waals surface area contributed by atoms with Gasteiger partial charge in [0.1, 0.15) is 5.69 Å². The van der Waals surface area contributed by atoms with Crippen molar-refractivity contribution < 1.29 is 4.79 Å². The molecule has 172 valence electrons. The Labute approximate surface area is 194 Å². The molecule has 0 bridgehead atoms. The number of anilines is 2. The maximum atomic E-state index is 12.8. The topological polar surface area (TPSA) is 65.8 Å². The lowest BCUT2D eigenvalue weighted by Gasteiger charge is -2.24. The number of nitrogens with zero attached hydrogens (tertiary/aromatic N) is 5. The summed E-state index contributed by atoms with van der Waals surface area (Å²) >= 11 is 1.51. The van der Waals surface area contributed by atoms with Crippen molar-refractivity contribution >= 4 is 33.2 Å². The molecule has 1 N–H and O–H groups in total. The Morgan fingerprint density at radius 1 is 1.12 bits per heavy atom. The van der Waals surface area contributed by atoms with E-state index in [1.165, 1.54) is 29.7 Å². The van der Waals surface area contributed by atoms with Gasteiger partial charge in [-0.15, -0.1) is 5.10 Å². The average molecular weight is 455 g/mol. The van der Waals surface area contributed by atoms with Crippen molar-refractivity contribution in [3.05, 3.63) is 29.8 Å². The molecule has 3 heterocycles. The van der Waals surface area contributed by atoms with Crippen molar-refractivity contribution in [3.63, 3.8) is 0 Å². The summed E-state index contributed by atoms with van der Waals surface area (Å²) in [6.07, 6.45) is 4.64. The van der Waals surface area contributed by atoms with Crippen molar-refractivity contribution in [1.82, 2.24) is 19.5 Å². The monoisotopic (exact) mass is 454 g/mol. The van der Waals surface area contributed by atoms with E-state index < -0.39 is 0 Å². The largest absolute Gasteiger partial charge is 0.364 e. The number of aromatic nitrogens is 3. The molecular formula is C24H34N6OS. The van der Waals surface area contributed by atoms with Gasteiger partial charge in [0.05, 0.1) is 6.54 Å². The summed E-state index contributed by atoms with van der Waals surface area (Å²) in [4.78, 5) is 22.5. The zero-order chi connectivity index (χ0) is 22.9. The molecule has 0 aliphatic carbocycles. The predicted octanol–water partition coefficient (Wildman–Crippen LogP) is 4.82. The number of fused-ring (bicyclic) bond motifs is 1. The quantitative estimate of drug-likeness (QED) is 0.599. The fourth-order valence-electron chi connectivity index (χ4n) is 3.96. The third-order valence-corrected chi connectivity index (χ3v) is 6.69. The summed E-state index contributed by atoms with van der Waals surface area (Å²) < 4.78 is 1.88. The molecule has 1 saturated heterocycles. The second-order valence-electron chi connectivity index (χ2n) is 9.78. The van der Waals surface area contributed by atoms with Crippen LogP contribution in [0.2, 0.25) is 0 Å². The summed E-state index contributed by atoms with van der Waals surface area (Å²) in [5.41, 5.74) is 3.03. The molecule has 1 amide bonds. The van der Waals surface area contributed by atoms with E-state index in [0.717, 1.165) is 53.1 Å². The van der Waals surface area contributed by atoms with Crippen LogP contribution in [0.1, 0.15) is 52.0 Å². The van der Waals surface area contributed by atoms with Crippen molar-refractivity contribution in [2.75, 3.05) is 36.9 Å². The van der Waals surface area contributed by atoms with Gasteiger partial charge in [0.2, 0.25) is 16.0 Å². The van der Waals surface area contributed by atoms with Crippen molar-refractivity contribution in [2.24, 2.45) is 0 Å². The Kier molecular flexibility index (Phi) is 6.42. The molecular weight excluding hydrogens is 420 g/mol. The van der Waals surface area contributed by atoms with Gasteiger partial charge >= 0.3 is 0 Å². The van der Waals surface area contributed by atoms with Crippen LogP contribution in [-0.4, -0.2) is 57.6 Å². The molecule has 0 radical (unpaired) electrons. The molecule has 4 rings (SSSR count). The molecule has 3 aromatic rings. The molecule has 32 heavy (non-hydrogen) atoms. The Bertz CT molecular complexity index is 1070. The minimum absolute atomic E-state index is 0.145. The SMILES string of the molecule is Cc1ccc(-c2nc3sc(N(C)CC(=O)N4CCCCCC4)nn3c2NC(C)(C)C)cc1. The number of amides is 1. The standard InChI is InChI=1S/C24H34N6OS/c1-17-10-12-18(13-11-17)20-21(26-24(2,3)4)30-22(25-20)32-23(27-30)28(5)16-19(31)29-14-8-6-7-9-15-29/h10-13,26H,6-9,14-16H2,1-5H3. The van der Waals surface area contributed by atoms with Gasteiger partial charge in [-0.1, -0.05) is 54.0 Å². The van der Waals surface area contributed by atoms with Crippen LogP contribution in [0, 0.1) is 6.92 Å². The van der Waals surface area contributed by atoms with Crippen molar-refractivity contribution in [2.45, 2.75) is 58.9 Å². The Balaban J connectivity index is 1.61. The maximum absolute atomic E-state index is 12.8. The molecule has 1 aliphatic rings. The second-order valence-corrected chi connectivity index (χ2v) is 10.7. The minimum atomic E-state index is -0.145. The molecule has 1 aliphatic heterocycles. The number of benzene rings is 1. The number of imidazole rings is 1. The molecule has 1 aromatic carbocycles. The smallest absolute Gasteiger partial charge is 0.242 e. The molecule has 0 spiro atoms. The molecule has 0 saturated carbocycles. The van der Waals surface area contributed by atoms with Crippen LogP contribution in [0.4, 0.5) is 10.9 Å². The van der Waals surface area contributed by atoms with Gasteiger partial charge in [-0.25, -0.2) is 4.98 Å². The first-order valence-electron chi connectivity index (χ1n) is 11.4. The van der Waals surface area contributed by atoms with E-state index in [4.69, 9.17) is 10.1 Å². The Morgan fingerprint density at radius 3 is 2.41 bits per heavy atom. The highest BCUT2D eigenvalue weighted by Gasteiger charge is 2.24. The summed E-state index contributed by atoms with van der Waals surface area (Å²) in [5, 5.41) is 9.23. The van der Waals surface area contributed by atoms with Gasteiger partial charge in [-0.3, -0.25) is 4.79 Å². The number of hydrogen-bond acceptors (Lipinski definition) is 6. The van der Waals surface area contributed by atoms with Crippen molar-refractivity contribution in [1.29, 1.82) is 0 Å². The van der Waals surface area contributed by atoms with E-state index in [0.29, 0.717) is 6.54 Å². The van der Waals surface area contributed by atoms with Crippen LogP contribution in [0.15, 0.2) is 24.3 Å². The molecule has 1 fully saturated rings. The lowest BCUT2D eigenvalue weighted by Crippen LogP contribution is -2.39. The zero-order valence-electron chi connectivity index (χ0n) is 19.8. The fourth-order valence-corrected chi connectivity index (χ4v) is 4.82. The lowest BCUT2D eigenvalue weighted by atomic mass is 10.1. The fraction of sp³-hybridized carbons (Fsp3) is 0.542. The number of nitrogens with one attached hydrogen (secondary N) is 1. The number of carbonyl (C=O) groups is 1. The molecule has 0 atom stereocenters. The van der Waals surface area contributed by atoms with Gasteiger partial charge in [0.25, 0.3) is 0 Å². The first kappa shape index (κ1) is 22.6. The number of carbonyl (C=O) groups excluding carboxylic acids is 1. The average Bonchev–Trinajstić information content (AvgIpc) is 3.14. The van der Waals surface area contributed by atoms with Gasteiger partial charge in [-0.2, -0.15) is 4.52 Å². The van der Waals surface area contributed by atoms with Gasteiger partial charge < -0.3 is 15.1 Å². The highest BCUT2D eigenvalue weighted by atomic mass is 32.1. The normalized spacial score (nSPS) is 15.1. The first-order chi connectivity index (χ1) is 15.2. The number of likely N-dealkylation sites (tertiary alicyclic amines) is 1. The van der Waals surface area contributed by atoms with E-state index in [1.54, 1.807) is 0 Å². The molecule has 8 heteroatoms. The van der Waals surface area contributed by atoms with E-state index >= 15 is 0 Å². The van der Waals surface area contributed by atoms with Gasteiger partial charge in [0.15, 0.2) is 5.82 Å². The summed E-state index contributed by atoms with van der Waals surface area (Å²) in [6, 6.07) is 8.40. The second kappa shape index (κ2) is 9.10. The van der Waals surface area contributed by atoms with Crippen LogP contribution in [0.5, 0.6) is 0 Å². The third-order valence-electron chi connectivity index (χ3n) is 5.67. The highest BCUT2D eigenvalue weighted by molar-refractivity contribution is 7.20. The minimum Gasteiger partial charge on any atom is -0.364 e. The number of aryl methyl sites for hydroxylation is 1. The van der Waals surface area contributed by atoms with Gasteiger partial charge in [0, 0.05) is 31.2 Å². The number of hydrogen-bond donors (Lipinski definition) is 1. The zero-order valence-corrected chi connectivity index (χ0v) is 20.6. The van der Waals surface area contributed by atoms with Crippen LogP contribution >= 0.6 is 11.3 Å². The van der Waals surface area contributed by atoms with Crippen LogP contribution in [-0.2, 0) is 4.79 Å². The van der Waals surface area contributed by atoms with E-state index in [-0.39, 0.29) is 11.4 Å². The summed E-state index contributed by atoms with van der Waals surface area (Å²) in [7, 11) is 1.94. The number of rotatable bonds is 5. The number of likely N-dealkylation sites (N-methyl/N-ethyl adjacent to an activating group) is 1. The first-order valence-corrected chi connectivity index (χ1v) is 12.3. The summed E-state index contributed by atoms with van der Waals surface area (Å²) in [6.45, 7) is 10.5. The Hall–Kier alpha value is -2.61. The lowest BCUT2D eigenvalue weighted by molar-refractivity contribution is -0.129. The predicted molar refractivity (Wildman–Crippen MR) is 133 cm³/mol. The van der Waals surface area contributed by atoms with Crippen molar-refractivity contribution in [3.8, 4) is 11.3 Å². The Morgan fingerprint density at radius 2 is 1.78 bits per heavy atom. The molecule has 2 aromatic heterocycles. The van der Waals surface area contributed by atoms with Crippen LogP contribution in [0.25, 0.3) is 16.2 Å². The molecule has 0 unspecified atom stereocenters. The van der Waals surface area contributed by atoms with E-state index in [1.807, 2.05) is 21.4 Å².